The van der Waals surface area contributed by atoms with E-state index in [-0.39, 0.29) is 32.9 Å². The third kappa shape index (κ3) is 4.56. The zero-order chi connectivity index (χ0) is 12.6. The largest absolute Gasteiger partial charge is 0.464 e. The predicted octanol–water partition coefficient (Wildman–Crippen LogP) is -2.31. The molecule has 0 rings (SSSR count). The number of carbonyl (C=O) groups is 2. The van der Waals surface area contributed by atoms with Gasteiger partial charge in [-0.05, 0) is 6.92 Å². The molecule has 7 nitrogen and oxygen atoms in total. The Balaban J connectivity index is 4.40. The normalized spacial score (nSPS) is 12.0. The molecule has 16 heavy (non-hydrogen) atoms. The third-order valence-electron chi connectivity index (χ3n) is 1.86. The zero-order valence-electron chi connectivity index (χ0n) is 9.26. The van der Waals surface area contributed by atoms with Crippen LogP contribution in [0.1, 0.15) is 6.92 Å². The lowest BCUT2D eigenvalue weighted by Gasteiger charge is -2.23. The molecule has 0 aliphatic heterocycles. The first-order chi connectivity index (χ1) is 7.58. The van der Waals surface area contributed by atoms with Gasteiger partial charge < -0.3 is 25.6 Å². The fourth-order valence-electron chi connectivity index (χ4n) is 1.10. The standard InChI is InChI=1S/C9H18N2O5/c1-2-16-9(15)7(10)8(14)11(3-5-12)4-6-13/h7,12-13H,2-6,10H2,1H3. The van der Waals surface area contributed by atoms with Crippen LogP contribution in [0.4, 0.5) is 0 Å². The highest BCUT2D eigenvalue weighted by molar-refractivity contribution is 6.01. The van der Waals surface area contributed by atoms with E-state index < -0.39 is 17.9 Å². The minimum Gasteiger partial charge on any atom is -0.464 e. The van der Waals surface area contributed by atoms with Gasteiger partial charge in [0, 0.05) is 13.1 Å². The molecule has 1 amide bonds. The van der Waals surface area contributed by atoms with E-state index in [9.17, 15) is 9.59 Å². The second kappa shape index (κ2) is 8.03. The molecule has 0 aromatic rings. The molecule has 0 saturated carbocycles. The van der Waals surface area contributed by atoms with E-state index in [4.69, 9.17) is 15.9 Å². The van der Waals surface area contributed by atoms with Crippen LogP contribution in [0, 0.1) is 0 Å². The van der Waals surface area contributed by atoms with E-state index in [0.29, 0.717) is 0 Å². The monoisotopic (exact) mass is 234 g/mol. The smallest absolute Gasteiger partial charge is 0.332 e. The van der Waals surface area contributed by atoms with Gasteiger partial charge in [0.05, 0.1) is 19.8 Å². The fourth-order valence-corrected chi connectivity index (χ4v) is 1.10. The predicted molar refractivity (Wildman–Crippen MR) is 55.4 cm³/mol. The molecule has 94 valence electrons. The Bertz CT molecular complexity index is 228. The number of rotatable bonds is 7. The van der Waals surface area contributed by atoms with Crippen molar-refractivity contribution in [3.8, 4) is 0 Å². The summed E-state index contributed by atoms with van der Waals surface area (Å²) in [5, 5.41) is 17.4. The quantitative estimate of drug-likeness (QED) is 0.337. The molecule has 1 atom stereocenters. The van der Waals surface area contributed by atoms with Crippen LogP contribution in [-0.4, -0.2) is 65.9 Å². The lowest BCUT2D eigenvalue weighted by Crippen LogP contribution is -2.50. The maximum Gasteiger partial charge on any atom is 0.332 e. The van der Waals surface area contributed by atoms with Crippen molar-refractivity contribution >= 4 is 11.9 Å². The molecule has 4 N–H and O–H groups in total. The van der Waals surface area contributed by atoms with Crippen LogP contribution in [0.15, 0.2) is 0 Å². The second-order valence-corrected chi connectivity index (χ2v) is 3.00. The maximum atomic E-state index is 11.6. The van der Waals surface area contributed by atoms with E-state index in [1.54, 1.807) is 6.92 Å². The molecule has 0 bridgehead atoms. The summed E-state index contributed by atoms with van der Waals surface area (Å²) in [5.74, 6) is -1.48. The number of aliphatic hydroxyl groups is 2. The number of hydrogen-bond acceptors (Lipinski definition) is 6. The zero-order valence-corrected chi connectivity index (χ0v) is 9.26. The van der Waals surface area contributed by atoms with Gasteiger partial charge in [-0.15, -0.1) is 0 Å². The number of carbonyl (C=O) groups excluding carboxylic acids is 2. The topological polar surface area (TPSA) is 113 Å². The molecule has 0 heterocycles. The van der Waals surface area contributed by atoms with Gasteiger partial charge in [-0.25, -0.2) is 4.79 Å². The Morgan fingerprint density at radius 3 is 2.19 bits per heavy atom. The molecule has 0 spiro atoms. The molecular weight excluding hydrogens is 216 g/mol. The van der Waals surface area contributed by atoms with Crippen molar-refractivity contribution in [1.82, 2.24) is 4.90 Å². The van der Waals surface area contributed by atoms with Gasteiger partial charge in [-0.1, -0.05) is 0 Å². The van der Waals surface area contributed by atoms with Crippen LogP contribution in [0.3, 0.4) is 0 Å². The molecular formula is C9H18N2O5. The Morgan fingerprint density at radius 1 is 1.31 bits per heavy atom. The van der Waals surface area contributed by atoms with E-state index in [2.05, 4.69) is 4.74 Å². The fraction of sp³-hybridized carbons (Fsp3) is 0.778. The Morgan fingerprint density at radius 2 is 1.81 bits per heavy atom. The van der Waals surface area contributed by atoms with Crippen LogP contribution in [-0.2, 0) is 14.3 Å². The Labute approximate surface area is 93.8 Å². The van der Waals surface area contributed by atoms with Crippen molar-refractivity contribution in [2.75, 3.05) is 32.9 Å². The molecule has 0 fully saturated rings. The van der Waals surface area contributed by atoms with Crippen molar-refractivity contribution in [2.24, 2.45) is 5.73 Å². The minimum atomic E-state index is -1.40. The summed E-state index contributed by atoms with van der Waals surface area (Å²) in [7, 11) is 0. The van der Waals surface area contributed by atoms with Gasteiger partial charge in [0.1, 0.15) is 0 Å². The third-order valence-corrected chi connectivity index (χ3v) is 1.86. The van der Waals surface area contributed by atoms with Crippen LogP contribution in [0.2, 0.25) is 0 Å². The first-order valence-corrected chi connectivity index (χ1v) is 5.01. The summed E-state index contributed by atoms with van der Waals surface area (Å²) in [4.78, 5) is 23.9. The molecule has 0 aromatic carbocycles. The summed E-state index contributed by atoms with van der Waals surface area (Å²) in [6.07, 6.45) is 0. The van der Waals surface area contributed by atoms with Gasteiger partial charge in [0.2, 0.25) is 0 Å². The van der Waals surface area contributed by atoms with E-state index in [1.165, 1.54) is 0 Å². The van der Waals surface area contributed by atoms with Crippen LogP contribution < -0.4 is 5.73 Å². The van der Waals surface area contributed by atoms with Gasteiger partial charge in [-0.2, -0.15) is 0 Å². The summed E-state index contributed by atoms with van der Waals surface area (Å²) < 4.78 is 4.59. The van der Waals surface area contributed by atoms with E-state index in [0.717, 1.165) is 4.90 Å². The van der Waals surface area contributed by atoms with Gasteiger partial charge >= 0.3 is 5.97 Å². The van der Waals surface area contributed by atoms with Gasteiger partial charge in [-0.3, -0.25) is 4.79 Å². The number of nitrogens with two attached hydrogens (primary N) is 1. The highest BCUT2D eigenvalue weighted by Gasteiger charge is 2.27. The van der Waals surface area contributed by atoms with Crippen LogP contribution in [0.5, 0.6) is 0 Å². The van der Waals surface area contributed by atoms with E-state index in [1.807, 2.05) is 0 Å². The molecule has 7 heteroatoms. The summed E-state index contributed by atoms with van der Waals surface area (Å²) in [5.41, 5.74) is 5.38. The average molecular weight is 234 g/mol. The van der Waals surface area contributed by atoms with Gasteiger partial charge in [0.15, 0.2) is 6.04 Å². The number of aliphatic hydroxyl groups excluding tert-OH is 2. The van der Waals surface area contributed by atoms with Gasteiger partial charge in [0.25, 0.3) is 5.91 Å². The second-order valence-electron chi connectivity index (χ2n) is 3.00. The summed E-state index contributed by atoms with van der Waals surface area (Å²) in [6.45, 7) is 1.26. The lowest BCUT2D eigenvalue weighted by atomic mass is 10.2. The van der Waals surface area contributed by atoms with Crippen molar-refractivity contribution in [2.45, 2.75) is 13.0 Å². The molecule has 1 unspecified atom stereocenters. The number of ether oxygens (including phenoxy) is 1. The summed E-state index contributed by atoms with van der Waals surface area (Å²) >= 11 is 0. The number of hydrogen-bond donors (Lipinski definition) is 3. The lowest BCUT2D eigenvalue weighted by molar-refractivity contribution is -0.151. The van der Waals surface area contributed by atoms with Crippen molar-refractivity contribution in [3.05, 3.63) is 0 Å². The van der Waals surface area contributed by atoms with Crippen LogP contribution in [0.25, 0.3) is 0 Å². The first kappa shape index (κ1) is 14.8. The minimum absolute atomic E-state index is 0.0203. The average Bonchev–Trinajstić information content (AvgIpc) is 2.27. The van der Waals surface area contributed by atoms with Crippen molar-refractivity contribution in [3.63, 3.8) is 0 Å². The highest BCUT2D eigenvalue weighted by Crippen LogP contribution is 1.96. The number of nitrogens with zero attached hydrogens (tertiary/aromatic N) is 1. The maximum absolute atomic E-state index is 11.6. The highest BCUT2D eigenvalue weighted by atomic mass is 16.5. The Kier molecular flexibility index (Phi) is 7.44. The van der Waals surface area contributed by atoms with Crippen molar-refractivity contribution < 1.29 is 24.5 Å². The van der Waals surface area contributed by atoms with Crippen LogP contribution >= 0.6 is 0 Å². The molecule has 0 aliphatic carbocycles. The molecule has 0 radical (unpaired) electrons. The summed E-state index contributed by atoms with van der Waals surface area (Å²) in [6, 6.07) is -1.40. The number of amides is 1. The SMILES string of the molecule is CCOC(=O)C(N)C(=O)N(CCO)CCO. The number of esters is 1. The molecule has 0 aliphatic rings. The molecule has 0 aromatic heterocycles. The van der Waals surface area contributed by atoms with E-state index >= 15 is 0 Å². The molecule has 0 saturated heterocycles. The van der Waals surface area contributed by atoms with Crippen molar-refractivity contribution in [1.29, 1.82) is 0 Å². The first-order valence-electron chi connectivity index (χ1n) is 5.01. The Hall–Kier alpha value is -1.18.